The summed E-state index contributed by atoms with van der Waals surface area (Å²) in [6.07, 6.45) is 3.59. The van der Waals surface area contributed by atoms with E-state index in [0.717, 1.165) is 5.56 Å². The van der Waals surface area contributed by atoms with Crippen molar-refractivity contribution in [3.63, 3.8) is 0 Å². The predicted octanol–water partition coefficient (Wildman–Crippen LogP) is 2.89. The number of nitrogens with zero attached hydrogens (tertiary/aromatic N) is 4. The highest BCUT2D eigenvalue weighted by Crippen LogP contribution is 2.33. The number of aliphatic hydroxyl groups excluding tert-OH is 1. The molecule has 6 nitrogen and oxygen atoms in total. The van der Waals surface area contributed by atoms with Gasteiger partial charge in [0.15, 0.2) is 0 Å². The highest BCUT2D eigenvalue weighted by molar-refractivity contribution is 5.55. The van der Waals surface area contributed by atoms with Crippen LogP contribution in [0.5, 0.6) is 0 Å². The van der Waals surface area contributed by atoms with Gasteiger partial charge in [-0.15, -0.1) is 0 Å². The highest BCUT2D eigenvalue weighted by atomic mass is 19.1. The van der Waals surface area contributed by atoms with Crippen molar-refractivity contribution in [2.24, 2.45) is 0 Å². The molecule has 0 spiro atoms. The Kier molecular flexibility index (Phi) is 4.48. The van der Waals surface area contributed by atoms with Crippen molar-refractivity contribution in [2.45, 2.75) is 32.0 Å². The molecule has 0 amide bonds. The van der Waals surface area contributed by atoms with Crippen LogP contribution in [0.25, 0.3) is 11.4 Å². The summed E-state index contributed by atoms with van der Waals surface area (Å²) in [5.74, 6) is 0.478. The molecule has 1 aliphatic heterocycles. The number of hydrogen-bond donors (Lipinski definition) is 1. The Balaban J connectivity index is 1.57. The van der Waals surface area contributed by atoms with E-state index in [1.165, 1.54) is 6.07 Å². The largest absolute Gasteiger partial charge is 0.392 e. The zero-order chi connectivity index (χ0) is 18.1. The van der Waals surface area contributed by atoms with Crippen molar-refractivity contribution in [1.82, 2.24) is 20.0 Å². The van der Waals surface area contributed by atoms with E-state index in [0.29, 0.717) is 42.4 Å². The van der Waals surface area contributed by atoms with Gasteiger partial charge in [-0.3, -0.25) is 9.88 Å². The number of pyridine rings is 1. The number of aliphatic hydroxyl groups is 1. The van der Waals surface area contributed by atoms with Crippen LogP contribution in [0.4, 0.5) is 4.39 Å². The summed E-state index contributed by atoms with van der Waals surface area (Å²) in [7, 11) is 0. The summed E-state index contributed by atoms with van der Waals surface area (Å²) >= 11 is 0. The maximum Gasteiger partial charge on any atom is 0.244 e. The first-order chi connectivity index (χ1) is 12.6. The van der Waals surface area contributed by atoms with Crippen LogP contribution in [-0.2, 0) is 6.54 Å². The molecule has 1 fully saturated rings. The normalized spacial score (nSPS) is 20.6. The van der Waals surface area contributed by atoms with Crippen molar-refractivity contribution in [1.29, 1.82) is 0 Å². The summed E-state index contributed by atoms with van der Waals surface area (Å²) in [4.78, 5) is 10.7. The Morgan fingerprint density at radius 2 is 2.23 bits per heavy atom. The quantitative estimate of drug-likeness (QED) is 0.776. The maximum atomic E-state index is 13.8. The van der Waals surface area contributed by atoms with Crippen LogP contribution in [0, 0.1) is 12.7 Å². The van der Waals surface area contributed by atoms with Crippen LogP contribution in [0.15, 0.2) is 47.2 Å². The van der Waals surface area contributed by atoms with E-state index in [1.807, 2.05) is 12.1 Å². The molecule has 1 aliphatic rings. The third kappa shape index (κ3) is 3.36. The summed E-state index contributed by atoms with van der Waals surface area (Å²) in [5.41, 5.74) is 2.19. The lowest BCUT2D eigenvalue weighted by Gasteiger charge is -2.20. The minimum atomic E-state index is -0.455. The van der Waals surface area contributed by atoms with Gasteiger partial charge in [-0.1, -0.05) is 23.4 Å². The van der Waals surface area contributed by atoms with Crippen molar-refractivity contribution in [3.05, 3.63) is 65.6 Å². The van der Waals surface area contributed by atoms with Crippen molar-refractivity contribution in [2.75, 3.05) is 6.54 Å². The predicted molar refractivity (Wildman–Crippen MR) is 92.4 cm³/mol. The number of aryl methyl sites for hydroxylation is 1. The van der Waals surface area contributed by atoms with Gasteiger partial charge in [-0.05, 0) is 36.6 Å². The number of rotatable bonds is 4. The van der Waals surface area contributed by atoms with Crippen molar-refractivity contribution < 1.29 is 14.0 Å². The smallest absolute Gasteiger partial charge is 0.244 e. The van der Waals surface area contributed by atoms with E-state index in [9.17, 15) is 9.50 Å². The fourth-order valence-electron chi connectivity index (χ4n) is 3.26. The average Bonchev–Trinajstić information content (AvgIpc) is 3.25. The van der Waals surface area contributed by atoms with Crippen molar-refractivity contribution in [3.8, 4) is 11.4 Å². The van der Waals surface area contributed by atoms with Crippen molar-refractivity contribution >= 4 is 0 Å². The fraction of sp³-hybridized carbons (Fsp3) is 0.316. The second-order valence-electron chi connectivity index (χ2n) is 6.62. The first-order valence-corrected chi connectivity index (χ1v) is 8.51. The molecule has 0 aliphatic carbocycles. The topological polar surface area (TPSA) is 75.3 Å². The van der Waals surface area contributed by atoms with Crippen LogP contribution >= 0.6 is 0 Å². The lowest BCUT2D eigenvalue weighted by Crippen LogP contribution is -2.24. The minimum Gasteiger partial charge on any atom is -0.392 e. The molecule has 1 saturated heterocycles. The molecule has 2 aromatic heterocycles. The summed E-state index contributed by atoms with van der Waals surface area (Å²) in [5, 5.41) is 14.1. The van der Waals surface area contributed by atoms with Crippen LogP contribution in [0.3, 0.4) is 0 Å². The lowest BCUT2D eigenvalue weighted by atomic mass is 10.1. The number of β-amino-alcohol motifs (C(OH)–C–C–N with tert-alkyl or cyclic N) is 1. The number of halogens is 1. The Morgan fingerprint density at radius 1 is 1.35 bits per heavy atom. The van der Waals surface area contributed by atoms with Crippen LogP contribution in [0.2, 0.25) is 0 Å². The summed E-state index contributed by atoms with van der Waals surface area (Å²) in [6.45, 7) is 2.86. The minimum absolute atomic E-state index is 0.179. The van der Waals surface area contributed by atoms with Gasteiger partial charge in [0.2, 0.25) is 11.7 Å². The van der Waals surface area contributed by atoms with E-state index < -0.39 is 6.10 Å². The van der Waals surface area contributed by atoms with Gasteiger partial charge >= 0.3 is 0 Å². The van der Waals surface area contributed by atoms with Crippen LogP contribution in [0.1, 0.15) is 29.5 Å². The van der Waals surface area contributed by atoms with E-state index in [2.05, 4.69) is 20.0 Å². The van der Waals surface area contributed by atoms with E-state index in [-0.39, 0.29) is 11.9 Å². The molecule has 0 radical (unpaired) electrons. The molecule has 26 heavy (non-hydrogen) atoms. The third-order valence-corrected chi connectivity index (χ3v) is 4.65. The van der Waals surface area contributed by atoms with Crippen LogP contribution < -0.4 is 0 Å². The number of benzene rings is 1. The third-order valence-electron chi connectivity index (χ3n) is 4.65. The first kappa shape index (κ1) is 16.8. The van der Waals surface area contributed by atoms with E-state index in [4.69, 9.17) is 4.52 Å². The standard InChI is InChI=1S/C19H19FN4O2/c1-12-4-5-14(7-16(12)20)18-22-19(26-23-18)17-8-15(25)11-24(17)10-13-3-2-6-21-9-13/h2-7,9,15,17,25H,8,10-11H2,1H3/t15-,17+/m1/s1. The Morgan fingerprint density at radius 3 is 3.00 bits per heavy atom. The number of likely N-dealkylation sites (tertiary alicyclic amines) is 1. The van der Waals surface area contributed by atoms with Gasteiger partial charge in [0, 0.05) is 31.0 Å². The maximum absolute atomic E-state index is 13.8. The molecule has 4 rings (SSSR count). The highest BCUT2D eigenvalue weighted by Gasteiger charge is 2.36. The molecular formula is C19H19FN4O2. The van der Waals surface area contributed by atoms with Gasteiger partial charge in [0.1, 0.15) is 5.82 Å². The molecule has 0 bridgehead atoms. The molecule has 134 valence electrons. The fourth-order valence-corrected chi connectivity index (χ4v) is 3.26. The molecule has 7 heteroatoms. The average molecular weight is 354 g/mol. The van der Waals surface area contributed by atoms with Gasteiger partial charge in [0.25, 0.3) is 0 Å². The Labute approximate surface area is 150 Å². The molecule has 1 aromatic carbocycles. The molecule has 2 atom stereocenters. The molecule has 0 saturated carbocycles. The molecular weight excluding hydrogens is 335 g/mol. The number of aromatic nitrogens is 3. The zero-order valence-corrected chi connectivity index (χ0v) is 14.3. The Hall–Kier alpha value is -2.64. The number of hydrogen-bond acceptors (Lipinski definition) is 6. The van der Waals surface area contributed by atoms with E-state index in [1.54, 1.807) is 31.5 Å². The van der Waals surface area contributed by atoms with E-state index >= 15 is 0 Å². The van der Waals surface area contributed by atoms with Gasteiger partial charge in [-0.25, -0.2) is 4.39 Å². The van der Waals surface area contributed by atoms with Gasteiger partial charge in [-0.2, -0.15) is 4.98 Å². The zero-order valence-electron chi connectivity index (χ0n) is 14.3. The molecule has 0 unspecified atom stereocenters. The first-order valence-electron chi connectivity index (χ1n) is 8.51. The van der Waals surface area contributed by atoms with Gasteiger partial charge < -0.3 is 9.63 Å². The summed E-state index contributed by atoms with van der Waals surface area (Å²) in [6, 6.07) is 8.55. The second-order valence-corrected chi connectivity index (χ2v) is 6.62. The SMILES string of the molecule is Cc1ccc(-c2noc([C@@H]3C[C@@H](O)CN3Cc3cccnc3)n2)cc1F. The molecule has 3 heterocycles. The second kappa shape index (κ2) is 6.93. The lowest BCUT2D eigenvalue weighted by molar-refractivity contribution is 0.169. The molecule has 1 N–H and O–H groups in total. The monoisotopic (exact) mass is 354 g/mol. The summed E-state index contributed by atoms with van der Waals surface area (Å²) < 4.78 is 19.2. The Bertz CT molecular complexity index is 900. The molecule has 3 aromatic rings. The van der Waals surface area contributed by atoms with Gasteiger partial charge in [0.05, 0.1) is 12.1 Å². The van der Waals surface area contributed by atoms with Crippen LogP contribution in [-0.4, -0.2) is 37.8 Å².